The molecule has 4 nitrogen and oxygen atoms in total. The van der Waals surface area contributed by atoms with E-state index in [9.17, 15) is 4.79 Å². The van der Waals surface area contributed by atoms with Gasteiger partial charge in [0.2, 0.25) is 0 Å². The summed E-state index contributed by atoms with van der Waals surface area (Å²) in [6.07, 6.45) is 5.40. The van der Waals surface area contributed by atoms with Crippen LogP contribution in [0.25, 0.3) is 17.0 Å². The Morgan fingerprint density at radius 2 is 1.96 bits per heavy atom. The predicted molar refractivity (Wildman–Crippen MR) is 92.0 cm³/mol. The van der Waals surface area contributed by atoms with Gasteiger partial charge in [0.05, 0.1) is 0 Å². The third kappa shape index (κ3) is 4.01. The summed E-state index contributed by atoms with van der Waals surface area (Å²) in [6.45, 7) is 0.702. The Labute approximate surface area is 134 Å². The van der Waals surface area contributed by atoms with Gasteiger partial charge in [0.25, 0.3) is 0 Å². The fourth-order valence-electron chi connectivity index (χ4n) is 2.36. The van der Waals surface area contributed by atoms with E-state index in [0.29, 0.717) is 6.54 Å². The summed E-state index contributed by atoms with van der Waals surface area (Å²) in [4.78, 5) is 14.8. The van der Waals surface area contributed by atoms with Crippen molar-refractivity contribution < 1.29 is 9.53 Å². The Hall–Kier alpha value is -3.01. The molecule has 1 heterocycles. The van der Waals surface area contributed by atoms with Crippen LogP contribution in [0.4, 0.5) is 4.79 Å². The van der Waals surface area contributed by atoms with Crippen LogP contribution in [0.3, 0.4) is 0 Å². The third-order valence-electron chi connectivity index (χ3n) is 3.50. The van der Waals surface area contributed by atoms with E-state index in [-0.39, 0.29) is 6.61 Å². The lowest BCUT2D eigenvalue weighted by Crippen LogP contribution is -2.24. The summed E-state index contributed by atoms with van der Waals surface area (Å²) in [5, 5.41) is 3.87. The molecule has 2 aromatic carbocycles. The highest BCUT2D eigenvalue weighted by Crippen LogP contribution is 2.18. The van der Waals surface area contributed by atoms with Crippen molar-refractivity contribution in [2.24, 2.45) is 0 Å². The second-order valence-corrected chi connectivity index (χ2v) is 5.13. The van der Waals surface area contributed by atoms with E-state index in [4.69, 9.17) is 4.74 Å². The van der Waals surface area contributed by atoms with Crippen LogP contribution in [-0.2, 0) is 11.3 Å². The van der Waals surface area contributed by atoms with Crippen LogP contribution < -0.4 is 5.32 Å². The Morgan fingerprint density at radius 1 is 1.09 bits per heavy atom. The molecule has 0 aliphatic heterocycles. The molecule has 0 aliphatic carbocycles. The summed E-state index contributed by atoms with van der Waals surface area (Å²) in [7, 11) is 0. The van der Waals surface area contributed by atoms with Gasteiger partial charge >= 0.3 is 6.09 Å². The van der Waals surface area contributed by atoms with Crippen LogP contribution in [0.15, 0.2) is 66.9 Å². The van der Waals surface area contributed by atoms with Crippen LogP contribution in [0.5, 0.6) is 0 Å². The second-order valence-electron chi connectivity index (χ2n) is 5.13. The monoisotopic (exact) mass is 306 g/mol. The average molecular weight is 306 g/mol. The first kappa shape index (κ1) is 14.9. The quantitative estimate of drug-likeness (QED) is 0.745. The first-order valence-electron chi connectivity index (χ1n) is 7.50. The van der Waals surface area contributed by atoms with Crippen molar-refractivity contribution in [3.05, 3.63) is 78.0 Å². The lowest BCUT2D eigenvalue weighted by molar-refractivity contribution is 0.141. The van der Waals surface area contributed by atoms with E-state index < -0.39 is 6.09 Å². The number of nitrogens with one attached hydrogen (secondary N) is 2. The van der Waals surface area contributed by atoms with Gasteiger partial charge in [0.15, 0.2) is 0 Å². The van der Waals surface area contributed by atoms with E-state index in [0.717, 1.165) is 22.0 Å². The minimum absolute atomic E-state index is 0.277. The number of carbonyl (C=O) groups is 1. The number of alkyl carbamates (subject to hydrolysis) is 1. The highest BCUT2D eigenvalue weighted by molar-refractivity contribution is 5.88. The first-order valence-corrected chi connectivity index (χ1v) is 7.50. The van der Waals surface area contributed by atoms with Crippen molar-refractivity contribution in [2.75, 3.05) is 6.54 Å². The van der Waals surface area contributed by atoms with Crippen molar-refractivity contribution in [3.8, 4) is 0 Å². The number of rotatable bonds is 5. The Morgan fingerprint density at radius 3 is 2.83 bits per heavy atom. The molecule has 0 aliphatic rings. The predicted octanol–water partition coefficient (Wildman–Crippen LogP) is 4.11. The fraction of sp³-hybridized carbons (Fsp3) is 0.105. The zero-order chi connectivity index (χ0) is 15.9. The van der Waals surface area contributed by atoms with E-state index in [1.54, 1.807) is 0 Å². The molecule has 0 fully saturated rings. The molecule has 4 heteroatoms. The number of aromatic nitrogens is 1. The number of carbonyl (C=O) groups excluding carboxylic acids is 1. The standard InChI is InChI=1S/C19H18N2O2/c22-19(23-14-15-6-2-1-3-7-15)21-12-5-9-16-8-4-10-18-17(16)11-13-20-18/h1-11,13,20H,12,14H2,(H,21,22). The number of amides is 1. The van der Waals surface area contributed by atoms with Crippen LogP contribution in [0.1, 0.15) is 11.1 Å². The van der Waals surface area contributed by atoms with Gasteiger partial charge in [0, 0.05) is 23.6 Å². The smallest absolute Gasteiger partial charge is 0.407 e. The Balaban J connectivity index is 1.47. The zero-order valence-corrected chi connectivity index (χ0v) is 12.7. The highest BCUT2D eigenvalue weighted by atomic mass is 16.5. The van der Waals surface area contributed by atoms with Gasteiger partial charge in [-0.15, -0.1) is 0 Å². The van der Waals surface area contributed by atoms with Crippen molar-refractivity contribution in [1.82, 2.24) is 10.3 Å². The lowest BCUT2D eigenvalue weighted by atomic mass is 10.1. The zero-order valence-electron chi connectivity index (χ0n) is 12.7. The molecule has 23 heavy (non-hydrogen) atoms. The molecule has 0 spiro atoms. The first-order chi connectivity index (χ1) is 11.3. The maximum absolute atomic E-state index is 11.6. The molecule has 116 valence electrons. The Bertz CT molecular complexity index is 806. The fourth-order valence-corrected chi connectivity index (χ4v) is 2.36. The number of fused-ring (bicyclic) bond motifs is 1. The number of hydrogen-bond acceptors (Lipinski definition) is 2. The van der Waals surface area contributed by atoms with Crippen LogP contribution in [0.2, 0.25) is 0 Å². The van der Waals surface area contributed by atoms with E-state index in [1.807, 2.05) is 72.9 Å². The van der Waals surface area contributed by atoms with Gasteiger partial charge in [-0.25, -0.2) is 4.79 Å². The minimum Gasteiger partial charge on any atom is -0.445 e. The molecule has 3 aromatic rings. The van der Waals surface area contributed by atoms with E-state index >= 15 is 0 Å². The summed E-state index contributed by atoms with van der Waals surface area (Å²) in [5.41, 5.74) is 3.18. The molecule has 3 rings (SSSR count). The summed E-state index contributed by atoms with van der Waals surface area (Å²) in [6, 6.07) is 17.7. The molecule has 0 saturated heterocycles. The molecular weight excluding hydrogens is 288 g/mol. The van der Waals surface area contributed by atoms with Crippen LogP contribution in [0, 0.1) is 0 Å². The molecule has 0 radical (unpaired) electrons. The molecule has 1 aromatic heterocycles. The van der Waals surface area contributed by atoms with Crippen molar-refractivity contribution in [3.63, 3.8) is 0 Å². The van der Waals surface area contributed by atoms with Crippen molar-refractivity contribution >= 4 is 23.1 Å². The minimum atomic E-state index is -0.418. The molecule has 0 atom stereocenters. The SMILES string of the molecule is O=C(NCC=Cc1cccc2[nH]ccc12)OCc1ccccc1. The topological polar surface area (TPSA) is 54.1 Å². The number of hydrogen-bond donors (Lipinski definition) is 2. The maximum Gasteiger partial charge on any atom is 0.407 e. The largest absolute Gasteiger partial charge is 0.445 e. The summed E-state index contributed by atoms with van der Waals surface area (Å²) >= 11 is 0. The number of ether oxygens (including phenoxy) is 1. The van der Waals surface area contributed by atoms with E-state index in [2.05, 4.69) is 10.3 Å². The van der Waals surface area contributed by atoms with E-state index in [1.165, 1.54) is 0 Å². The summed E-state index contributed by atoms with van der Waals surface area (Å²) < 4.78 is 5.15. The molecule has 2 N–H and O–H groups in total. The second kappa shape index (κ2) is 7.31. The Kier molecular flexibility index (Phi) is 4.74. The molecular formula is C19H18N2O2. The van der Waals surface area contributed by atoms with Crippen molar-refractivity contribution in [2.45, 2.75) is 6.61 Å². The molecule has 0 saturated carbocycles. The van der Waals surface area contributed by atoms with Crippen molar-refractivity contribution in [1.29, 1.82) is 0 Å². The molecule has 0 bridgehead atoms. The maximum atomic E-state index is 11.6. The van der Waals surface area contributed by atoms with Gasteiger partial charge in [-0.2, -0.15) is 0 Å². The summed E-state index contributed by atoms with van der Waals surface area (Å²) in [5.74, 6) is 0. The lowest BCUT2D eigenvalue weighted by Gasteiger charge is -2.05. The third-order valence-corrected chi connectivity index (χ3v) is 3.50. The van der Waals surface area contributed by atoms with Gasteiger partial charge in [-0.1, -0.05) is 54.6 Å². The van der Waals surface area contributed by atoms with Gasteiger partial charge in [0.1, 0.15) is 6.61 Å². The number of benzene rings is 2. The van der Waals surface area contributed by atoms with Gasteiger partial charge in [-0.3, -0.25) is 0 Å². The molecule has 0 unspecified atom stereocenters. The normalized spacial score (nSPS) is 11.0. The number of H-pyrrole nitrogens is 1. The van der Waals surface area contributed by atoms with Crippen LogP contribution in [-0.4, -0.2) is 17.6 Å². The molecule has 1 amide bonds. The number of aromatic amines is 1. The highest BCUT2D eigenvalue weighted by Gasteiger charge is 2.01. The average Bonchev–Trinajstić information content (AvgIpc) is 3.07. The van der Waals surface area contributed by atoms with Gasteiger partial charge < -0.3 is 15.0 Å². The van der Waals surface area contributed by atoms with Crippen LogP contribution >= 0.6 is 0 Å². The van der Waals surface area contributed by atoms with Gasteiger partial charge in [-0.05, 0) is 23.3 Å².